The number of hydrogen-bond acceptors (Lipinski definition) is 2. The number of nitrogens with two attached hydrogens (primary N) is 1. The number of anilines is 1. The van der Waals surface area contributed by atoms with Gasteiger partial charge in [0.1, 0.15) is 0 Å². The van der Waals surface area contributed by atoms with Crippen molar-refractivity contribution in [2.45, 2.75) is 38.3 Å². The van der Waals surface area contributed by atoms with Crippen LogP contribution in [0.15, 0.2) is 24.3 Å². The van der Waals surface area contributed by atoms with E-state index in [9.17, 15) is 0 Å². The maximum atomic E-state index is 6.02. The van der Waals surface area contributed by atoms with Crippen molar-refractivity contribution in [1.29, 1.82) is 0 Å². The van der Waals surface area contributed by atoms with Crippen LogP contribution in [-0.4, -0.2) is 10.6 Å². The lowest BCUT2D eigenvalue weighted by Crippen LogP contribution is -2.26. The Morgan fingerprint density at radius 3 is 2.83 bits per heavy atom. The fraction of sp³-hybridized carbons (Fsp3) is 0.467. The largest absolute Gasteiger partial charge is 0.398 e. The molecule has 3 rings (SSSR count). The molecule has 1 saturated carbocycles. The zero-order chi connectivity index (χ0) is 12.5. The molecule has 1 aromatic carbocycles. The first kappa shape index (κ1) is 11.6. The summed E-state index contributed by atoms with van der Waals surface area (Å²) in [6.45, 7) is 0.940. The normalized spacial score (nSPS) is 16.7. The maximum Gasteiger partial charge on any atom is 0.0501 e. The number of aromatic nitrogens is 1. The number of benzene rings is 1. The molecule has 3 nitrogen and oxygen atoms in total. The molecule has 0 aliphatic heterocycles. The van der Waals surface area contributed by atoms with Gasteiger partial charge < -0.3 is 15.6 Å². The highest BCUT2D eigenvalue weighted by molar-refractivity contribution is 5.92. The van der Waals surface area contributed by atoms with E-state index in [-0.39, 0.29) is 0 Å². The molecule has 3 N–H and O–H groups in total. The maximum absolute atomic E-state index is 6.02. The second kappa shape index (κ2) is 4.65. The Morgan fingerprint density at radius 1 is 1.33 bits per heavy atom. The highest BCUT2D eigenvalue weighted by Gasteiger charge is 2.15. The lowest BCUT2D eigenvalue weighted by atomic mass is 10.2. The third kappa shape index (κ3) is 1.99. The first-order valence-corrected chi connectivity index (χ1v) is 6.82. The van der Waals surface area contributed by atoms with Crippen molar-refractivity contribution in [3.63, 3.8) is 0 Å². The molecule has 3 heteroatoms. The van der Waals surface area contributed by atoms with Gasteiger partial charge in [-0.2, -0.15) is 0 Å². The van der Waals surface area contributed by atoms with Crippen molar-refractivity contribution in [1.82, 2.24) is 9.88 Å². The summed E-state index contributed by atoms with van der Waals surface area (Å²) in [4.78, 5) is 0. The molecule has 18 heavy (non-hydrogen) atoms. The molecular weight excluding hydrogens is 222 g/mol. The minimum absolute atomic E-state index is 0.709. The van der Waals surface area contributed by atoms with Crippen LogP contribution in [0.3, 0.4) is 0 Å². The van der Waals surface area contributed by atoms with Gasteiger partial charge in [-0.1, -0.05) is 18.9 Å². The van der Waals surface area contributed by atoms with Crippen molar-refractivity contribution in [2.75, 3.05) is 5.73 Å². The Balaban J connectivity index is 1.83. The van der Waals surface area contributed by atoms with E-state index in [0.29, 0.717) is 6.04 Å². The van der Waals surface area contributed by atoms with Gasteiger partial charge in [-0.15, -0.1) is 0 Å². The molecule has 0 saturated heterocycles. The number of nitrogen functional groups attached to an aromatic ring is 1. The minimum atomic E-state index is 0.709. The van der Waals surface area contributed by atoms with Crippen molar-refractivity contribution in [3.05, 3.63) is 30.0 Å². The van der Waals surface area contributed by atoms with Gasteiger partial charge in [-0.05, 0) is 31.0 Å². The number of aryl methyl sites for hydroxylation is 1. The van der Waals surface area contributed by atoms with Crippen LogP contribution in [0.2, 0.25) is 0 Å². The topological polar surface area (TPSA) is 43.0 Å². The molecule has 0 radical (unpaired) electrons. The molecule has 0 unspecified atom stereocenters. The van der Waals surface area contributed by atoms with Gasteiger partial charge in [0.2, 0.25) is 0 Å². The summed E-state index contributed by atoms with van der Waals surface area (Å²) in [5.74, 6) is 0. The van der Waals surface area contributed by atoms with Gasteiger partial charge in [0.05, 0.1) is 5.52 Å². The number of nitrogens with one attached hydrogen (secondary N) is 1. The van der Waals surface area contributed by atoms with E-state index >= 15 is 0 Å². The van der Waals surface area contributed by atoms with Crippen molar-refractivity contribution < 1.29 is 0 Å². The number of hydrogen-bond donors (Lipinski definition) is 2. The summed E-state index contributed by atoms with van der Waals surface area (Å²) >= 11 is 0. The third-order valence-electron chi connectivity index (χ3n) is 4.15. The van der Waals surface area contributed by atoms with Gasteiger partial charge in [0.15, 0.2) is 0 Å². The van der Waals surface area contributed by atoms with E-state index < -0.39 is 0 Å². The summed E-state index contributed by atoms with van der Waals surface area (Å²) in [6, 6.07) is 9.04. The SMILES string of the molecule is Cn1c(CNC2CCCC2)cc2c(N)cccc21. The van der Waals surface area contributed by atoms with Gasteiger partial charge >= 0.3 is 0 Å². The monoisotopic (exact) mass is 243 g/mol. The molecule has 1 fully saturated rings. The van der Waals surface area contributed by atoms with E-state index in [2.05, 4.69) is 29.1 Å². The molecule has 1 aliphatic rings. The summed E-state index contributed by atoms with van der Waals surface area (Å²) in [6.07, 6.45) is 5.40. The highest BCUT2D eigenvalue weighted by atomic mass is 15.0. The quantitative estimate of drug-likeness (QED) is 0.814. The summed E-state index contributed by atoms with van der Waals surface area (Å²) < 4.78 is 2.24. The number of nitrogens with zero attached hydrogens (tertiary/aromatic N) is 1. The van der Waals surface area contributed by atoms with E-state index in [0.717, 1.165) is 12.2 Å². The minimum Gasteiger partial charge on any atom is -0.398 e. The number of rotatable bonds is 3. The van der Waals surface area contributed by atoms with Crippen LogP contribution in [0.4, 0.5) is 5.69 Å². The van der Waals surface area contributed by atoms with Crippen LogP contribution in [0.1, 0.15) is 31.4 Å². The van der Waals surface area contributed by atoms with Crippen LogP contribution in [0.25, 0.3) is 10.9 Å². The van der Waals surface area contributed by atoms with Crippen LogP contribution in [-0.2, 0) is 13.6 Å². The first-order chi connectivity index (χ1) is 8.75. The standard InChI is InChI=1S/C15H21N3/c1-18-12(10-17-11-5-2-3-6-11)9-13-14(16)7-4-8-15(13)18/h4,7-9,11,17H,2-3,5-6,10,16H2,1H3. The van der Waals surface area contributed by atoms with E-state index in [1.54, 1.807) is 0 Å². The van der Waals surface area contributed by atoms with E-state index in [1.165, 1.54) is 42.3 Å². The van der Waals surface area contributed by atoms with Gasteiger partial charge in [-0.25, -0.2) is 0 Å². The average Bonchev–Trinajstić information content (AvgIpc) is 2.97. The van der Waals surface area contributed by atoms with E-state index in [4.69, 9.17) is 5.73 Å². The van der Waals surface area contributed by atoms with Crippen LogP contribution in [0.5, 0.6) is 0 Å². The Bertz CT molecular complexity index is 550. The second-order valence-corrected chi connectivity index (χ2v) is 5.34. The fourth-order valence-corrected chi connectivity index (χ4v) is 2.99. The van der Waals surface area contributed by atoms with E-state index in [1.807, 2.05) is 12.1 Å². The molecule has 1 heterocycles. The van der Waals surface area contributed by atoms with Gasteiger partial charge in [-0.3, -0.25) is 0 Å². The summed E-state index contributed by atoms with van der Waals surface area (Å²) in [5, 5.41) is 4.83. The molecule has 0 spiro atoms. The fourth-order valence-electron chi connectivity index (χ4n) is 2.99. The Morgan fingerprint density at radius 2 is 2.11 bits per heavy atom. The Labute approximate surface area is 108 Å². The lowest BCUT2D eigenvalue weighted by molar-refractivity contribution is 0.514. The second-order valence-electron chi connectivity index (χ2n) is 5.34. The first-order valence-electron chi connectivity index (χ1n) is 6.82. The molecule has 0 atom stereocenters. The molecule has 2 aromatic rings. The Kier molecular flexibility index (Phi) is 3.00. The average molecular weight is 243 g/mol. The van der Waals surface area contributed by atoms with Crippen LogP contribution < -0.4 is 11.1 Å². The summed E-state index contributed by atoms with van der Waals surface area (Å²) in [5.41, 5.74) is 9.43. The Hall–Kier alpha value is -1.48. The molecule has 96 valence electrons. The molecule has 1 aliphatic carbocycles. The molecule has 0 bridgehead atoms. The highest BCUT2D eigenvalue weighted by Crippen LogP contribution is 2.25. The zero-order valence-electron chi connectivity index (χ0n) is 10.9. The predicted octanol–water partition coefficient (Wildman–Crippen LogP) is 2.79. The zero-order valence-corrected chi connectivity index (χ0v) is 10.9. The predicted molar refractivity (Wildman–Crippen MR) is 76.4 cm³/mol. The van der Waals surface area contributed by atoms with Gasteiger partial charge in [0, 0.05) is 36.4 Å². The van der Waals surface area contributed by atoms with Crippen LogP contribution >= 0.6 is 0 Å². The van der Waals surface area contributed by atoms with Crippen molar-refractivity contribution in [2.24, 2.45) is 7.05 Å². The smallest absolute Gasteiger partial charge is 0.0501 e. The lowest BCUT2D eigenvalue weighted by Gasteiger charge is -2.12. The molecule has 0 amide bonds. The third-order valence-corrected chi connectivity index (χ3v) is 4.15. The summed E-state index contributed by atoms with van der Waals surface area (Å²) in [7, 11) is 2.12. The van der Waals surface area contributed by atoms with Crippen LogP contribution in [0, 0.1) is 0 Å². The molecular formula is C15H21N3. The van der Waals surface area contributed by atoms with Gasteiger partial charge in [0.25, 0.3) is 0 Å². The number of fused-ring (bicyclic) bond motifs is 1. The molecule has 1 aromatic heterocycles. The van der Waals surface area contributed by atoms with Crippen molar-refractivity contribution in [3.8, 4) is 0 Å². The van der Waals surface area contributed by atoms with Crippen molar-refractivity contribution >= 4 is 16.6 Å².